The molecule has 4 aromatic rings. The van der Waals surface area contributed by atoms with E-state index in [-0.39, 0.29) is 32.0 Å². The summed E-state index contributed by atoms with van der Waals surface area (Å²) in [4.78, 5) is 20.2. The van der Waals surface area contributed by atoms with Crippen LogP contribution < -0.4 is 14.8 Å². The Kier molecular flexibility index (Phi) is 7.67. The van der Waals surface area contributed by atoms with Crippen LogP contribution >= 0.6 is 11.6 Å². The summed E-state index contributed by atoms with van der Waals surface area (Å²) >= 11 is 6.17. The Bertz CT molecular complexity index is 1710. The molecule has 4 rings (SSSR count). The van der Waals surface area contributed by atoms with Crippen molar-refractivity contribution in [3.05, 3.63) is 101 Å². The number of nitrogens with zero attached hydrogens (tertiary/aromatic N) is 2. The fourth-order valence-electron chi connectivity index (χ4n) is 3.43. The molecule has 0 aliphatic carbocycles. The molecule has 0 fully saturated rings. The van der Waals surface area contributed by atoms with E-state index < -0.39 is 26.0 Å². The second-order valence-corrected chi connectivity index (χ2v) is 12.0. The second-order valence-electron chi connectivity index (χ2n) is 8.23. The average Bonchev–Trinajstić information content (AvgIpc) is 2.86. The minimum atomic E-state index is -4.10. The molecular formula is C25H22ClN5O5S2. The van der Waals surface area contributed by atoms with Crippen LogP contribution in [0.25, 0.3) is 0 Å². The van der Waals surface area contributed by atoms with Crippen molar-refractivity contribution < 1.29 is 21.6 Å². The van der Waals surface area contributed by atoms with Crippen LogP contribution in [0.2, 0.25) is 5.02 Å². The fourth-order valence-corrected chi connectivity index (χ4v) is 6.05. The maximum Gasteiger partial charge on any atom is 0.264 e. The maximum absolute atomic E-state index is 13.1. The van der Waals surface area contributed by atoms with Gasteiger partial charge in [-0.05, 0) is 74.0 Å². The predicted octanol–water partition coefficient (Wildman–Crippen LogP) is 4.60. The molecule has 0 saturated carbocycles. The molecule has 0 atom stereocenters. The summed E-state index contributed by atoms with van der Waals surface area (Å²) < 4.78 is 55.9. The van der Waals surface area contributed by atoms with Crippen LogP contribution in [0.1, 0.15) is 21.5 Å². The summed E-state index contributed by atoms with van der Waals surface area (Å²) in [5.74, 6) is -0.693. The smallest absolute Gasteiger partial charge is 0.264 e. The number of amides is 1. The van der Waals surface area contributed by atoms with E-state index in [0.29, 0.717) is 5.69 Å². The van der Waals surface area contributed by atoms with Crippen molar-refractivity contribution in [1.29, 1.82) is 0 Å². The largest absolute Gasteiger partial charge is 0.322 e. The van der Waals surface area contributed by atoms with Gasteiger partial charge in [0.15, 0.2) is 0 Å². The number of halogens is 1. The molecule has 0 saturated heterocycles. The lowest BCUT2D eigenvalue weighted by Crippen LogP contribution is -2.17. The monoisotopic (exact) mass is 571 g/mol. The molecule has 0 spiro atoms. The first-order valence-electron chi connectivity index (χ1n) is 11.1. The molecule has 0 unspecified atom stereocenters. The lowest BCUT2D eigenvalue weighted by molar-refractivity contribution is 0.102. The fraction of sp³-hybridized carbons (Fsp3) is 0.0800. The molecule has 0 aliphatic heterocycles. The van der Waals surface area contributed by atoms with Crippen LogP contribution in [-0.2, 0) is 20.0 Å². The zero-order valence-corrected chi connectivity index (χ0v) is 22.5. The Morgan fingerprint density at radius 2 is 1.50 bits per heavy atom. The van der Waals surface area contributed by atoms with Crippen LogP contribution in [0.5, 0.6) is 0 Å². The molecular weight excluding hydrogens is 550 g/mol. The third-order valence-corrected chi connectivity index (χ3v) is 8.51. The quantitative estimate of drug-likeness (QED) is 0.280. The summed E-state index contributed by atoms with van der Waals surface area (Å²) in [7, 11) is -8.05. The van der Waals surface area contributed by atoms with Crippen molar-refractivity contribution in [2.45, 2.75) is 23.6 Å². The van der Waals surface area contributed by atoms with Gasteiger partial charge in [-0.3, -0.25) is 9.52 Å². The number of hydrogen-bond acceptors (Lipinski definition) is 7. The molecule has 3 N–H and O–H groups in total. The average molecular weight is 572 g/mol. The van der Waals surface area contributed by atoms with Crippen molar-refractivity contribution in [3.63, 3.8) is 0 Å². The molecule has 1 heterocycles. The van der Waals surface area contributed by atoms with Crippen molar-refractivity contribution in [1.82, 2.24) is 9.97 Å². The Hall–Kier alpha value is -4.00. The molecule has 13 heteroatoms. The Labute approximate surface area is 225 Å². The number of aryl methyl sites for hydroxylation is 2. The van der Waals surface area contributed by atoms with Gasteiger partial charge in [0.05, 0.1) is 15.6 Å². The van der Waals surface area contributed by atoms with Gasteiger partial charge in [-0.2, -0.15) is 0 Å². The van der Waals surface area contributed by atoms with Gasteiger partial charge >= 0.3 is 0 Å². The Morgan fingerprint density at radius 3 is 2.16 bits per heavy atom. The van der Waals surface area contributed by atoms with Crippen LogP contribution in [0.15, 0.2) is 88.9 Å². The van der Waals surface area contributed by atoms with Gasteiger partial charge in [0, 0.05) is 23.6 Å². The van der Waals surface area contributed by atoms with Gasteiger partial charge < -0.3 is 5.32 Å². The van der Waals surface area contributed by atoms with E-state index in [2.05, 4.69) is 24.7 Å². The van der Waals surface area contributed by atoms with Gasteiger partial charge in [0.25, 0.3) is 26.0 Å². The highest BCUT2D eigenvalue weighted by Gasteiger charge is 2.22. The van der Waals surface area contributed by atoms with Crippen molar-refractivity contribution >= 4 is 54.9 Å². The lowest BCUT2D eigenvalue weighted by atomic mass is 10.1. The van der Waals surface area contributed by atoms with Gasteiger partial charge in [-0.1, -0.05) is 29.3 Å². The van der Waals surface area contributed by atoms with E-state index >= 15 is 0 Å². The van der Waals surface area contributed by atoms with E-state index in [1.807, 2.05) is 13.0 Å². The molecule has 0 radical (unpaired) electrons. The molecule has 0 aliphatic rings. The third kappa shape index (κ3) is 6.28. The van der Waals surface area contributed by atoms with Crippen LogP contribution in [0, 0.1) is 13.8 Å². The predicted molar refractivity (Wildman–Crippen MR) is 145 cm³/mol. The molecule has 38 heavy (non-hydrogen) atoms. The Balaban J connectivity index is 1.51. The molecule has 1 aromatic heterocycles. The van der Waals surface area contributed by atoms with E-state index in [4.69, 9.17) is 11.6 Å². The van der Waals surface area contributed by atoms with Crippen LogP contribution in [0.4, 0.5) is 17.3 Å². The number of aromatic nitrogens is 2. The molecule has 0 bridgehead atoms. The summed E-state index contributed by atoms with van der Waals surface area (Å²) in [6, 6.07) is 16.1. The zero-order valence-electron chi connectivity index (χ0n) is 20.1. The van der Waals surface area contributed by atoms with E-state index in [1.54, 1.807) is 25.1 Å². The molecule has 1 amide bonds. The van der Waals surface area contributed by atoms with Crippen LogP contribution in [0.3, 0.4) is 0 Å². The van der Waals surface area contributed by atoms with Crippen molar-refractivity contribution in [3.8, 4) is 0 Å². The van der Waals surface area contributed by atoms with Crippen molar-refractivity contribution in [2.75, 3.05) is 14.8 Å². The standard InChI is InChI=1S/C25H22ClN5O5S2/c1-16-4-11-22(17(2)14-16)30-38(35,36)23-15-18(5-10-21(23)26)24(32)29-19-6-8-20(9-7-19)37(33,34)31-25-27-12-3-13-28-25/h3-15,30H,1-2H3,(H,29,32)(H,27,28,31). The molecule has 196 valence electrons. The highest BCUT2D eigenvalue weighted by Crippen LogP contribution is 2.27. The van der Waals surface area contributed by atoms with E-state index in [0.717, 1.165) is 11.1 Å². The zero-order chi connectivity index (χ0) is 27.5. The Morgan fingerprint density at radius 1 is 0.816 bits per heavy atom. The SMILES string of the molecule is Cc1ccc(NS(=O)(=O)c2cc(C(=O)Nc3ccc(S(=O)(=O)Nc4ncccn4)cc3)ccc2Cl)c(C)c1. The third-order valence-electron chi connectivity index (χ3n) is 5.32. The number of sulfonamides is 2. The topological polar surface area (TPSA) is 147 Å². The summed E-state index contributed by atoms with van der Waals surface area (Å²) in [5, 5.41) is 2.56. The minimum Gasteiger partial charge on any atom is -0.322 e. The van der Waals surface area contributed by atoms with E-state index in [1.165, 1.54) is 54.9 Å². The van der Waals surface area contributed by atoms with E-state index in [9.17, 15) is 21.6 Å². The first kappa shape index (κ1) is 27.0. The van der Waals surface area contributed by atoms with Gasteiger partial charge in [0.2, 0.25) is 5.95 Å². The lowest BCUT2D eigenvalue weighted by Gasteiger charge is -2.13. The van der Waals surface area contributed by atoms with Crippen molar-refractivity contribution in [2.24, 2.45) is 0 Å². The summed E-state index contributed by atoms with van der Waals surface area (Å²) in [6.07, 6.45) is 2.80. The molecule has 10 nitrogen and oxygen atoms in total. The first-order chi connectivity index (χ1) is 17.9. The number of nitrogens with one attached hydrogen (secondary N) is 3. The summed E-state index contributed by atoms with van der Waals surface area (Å²) in [6.45, 7) is 3.67. The maximum atomic E-state index is 13.1. The molecule has 3 aromatic carbocycles. The number of carbonyl (C=O) groups is 1. The van der Waals surface area contributed by atoms with Crippen LogP contribution in [-0.4, -0.2) is 32.7 Å². The number of hydrogen-bond donors (Lipinski definition) is 3. The number of anilines is 3. The summed E-state index contributed by atoms with van der Waals surface area (Å²) in [5.41, 5.74) is 2.43. The highest BCUT2D eigenvalue weighted by atomic mass is 35.5. The highest BCUT2D eigenvalue weighted by molar-refractivity contribution is 7.93. The van der Waals surface area contributed by atoms with Gasteiger partial charge in [0.1, 0.15) is 4.90 Å². The minimum absolute atomic E-state index is 0.0370. The van der Waals surface area contributed by atoms with Gasteiger partial charge in [-0.25, -0.2) is 31.5 Å². The number of benzene rings is 3. The number of carbonyl (C=O) groups excluding carboxylic acids is 1. The number of rotatable bonds is 8. The first-order valence-corrected chi connectivity index (χ1v) is 14.4. The van der Waals surface area contributed by atoms with Gasteiger partial charge in [-0.15, -0.1) is 0 Å². The second kappa shape index (κ2) is 10.8. The normalized spacial score (nSPS) is 11.6.